The fourth-order valence-corrected chi connectivity index (χ4v) is 0.477. The molecule has 2 nitrogen and oxygen atoms in total. The topological polar surface area (TPSA) is 29.1 Å². The fraction of sp³-hybridized carbons (Fsp3) is 0.714. The van der Waals surface area contributed by atoms with E-state index >= 15 is 0 Å². The summed E-state index contributed by atoms with van der Waals surface area (Å²) in [5.41, 5.74) is -0.0684. The van der Waals surface area contributed by atoms with E-state index in [4.69, 9.17) is 12.2 Å². The van der Waals surface area contributed by atoms with Crippen molar-refractivity contribution in [2.75, 3.05) is 6.54 Å². The lowest BCUT2D eigenvalue weighted by Crippen LogP contribution is -2.32. The Balaban J connectivity index is 3.67. The maximum atomic E-state index is 10.4. The molecule has 0 heterocycles. The molecule has 0 saturated carbocycles. The molecule has 0 aliphatic rings. The first-order chi connectivity index (χ1) is 4.48. The molecule has 0 aromatic rings. The van der Waals surface area contributed by atoms with Gasteiger partial charge in [-0.1, -0.05) is 26.1 Å². The molecule has 0 aliphatic carbocycles. The first-order valence-electron chi connectivity index (χ1n) is 3.19. The van der Waals surface area contributed by atoms with Crippen molar-refractivity contribution in [3.8, 4) is 0 Å². The molecule has 0 rings (SSSR count). The van der Waals surface area contributed by atoms with Crippen molar-refractivity contribution in [2.45, 2.75) is 20.8 Å². The lowest BCUT2D eigenvalue weighted by atomic mass is 9.97. The van der Waals surface area contributed by atoms with Gasteiger partial charge in [-0.25, -0.2) is 0 Å². The largest absolute Gasteiger partial charge is 0.355 e. The molecule has 0 saturated heterocycles. The van der Waals surface area contributed by atoms with Gasteiger partial charge in [0.15, 0.2) is 0 Å². The van der Waals surface area contributed by atoms with Crippen molar-refractivity contribution >= 4 is 23.5 Å². The molecule has 0 fully saturated rings. The van der Waals surface area contributed by atoms with Crippen LogP contribution in [0.4, 0.5) is 0 Å². The van der Waals surface area contributed by atoms with Gasteiger partial charge in [-0.3, -0.25) is 4.79 Å². The molecule has 10 heavy (non-hydrogen) atoms. The molecule has 1 amide bonds. The van der Waals surface area contributed by atoms with Gasteiger partial charge in [-0.05, 0) is 5.37 Å². The van der Waals surface area contributed by atoms with Gasteiger partial charge < -0.3 is 5.32 Å². The molecular formula is C7H13NOS. The van der Waals surface area contributed by atoms with Gasteiger partial charge in [0.25, 0.3) is 0 Å². The van der Waals surface area contributed by atoms with Crippen LogP contribution in [-0.4, -0.2) is 17.8 Å². The molecule has 58 valence electrons. The van der Waals surface area contributed by atoms with Crippen LogP contribution in [0, 0.1) is 5.41 Å². The highest BCUT2D eigenvalue weighted by molar-refractivity contribution is 7.79. The summed E-state index contributed by atoms with van der Waals surface area (Å²) in [6.45, 7) is 6.08. The third kappa shape index (κ3) is 4.44. The Hall–Kier alpha value is -0.440. The first kappa shape index (κ1) is 9.56. The third-order valence-electron chi connectivity index (χ3n) is 1.11. The zero-order valence-electron chi connectivity index (χ0n) is 6.60. The number of thiocarbonyl (C=S) groups is 1. The van der Waals surface area contributed by atoms with E-state index < -0.39 is 0 Å². The Kier molecular flexibility index (Phi) is 3.50. The standard InChI is InChI=1S/C7H13NOS/c1-6(9)8-4-7(2,3)5-10/h5H,4H2,1-3H3,(H,8,9). The molecule has 0 aliphatic heterocycles. The van der Waals surface area contributed by atoms with Crippen LogP contribution >= 0.6 is 12.2 Å². The van der Waals surface area contributed by atoms with Crippen LogP contribution in [0.15, 0.2) is 0 Å². The predicted molar refractivity (Wildman–Crippen MR) is 46.1 cm³/mol. The van der Waals surface area contributed by atoms with E-state index in [9.17, 15) is 4.79 Å². The Labute approximate surface area is 67.0 Å². The van der Waals surface area contributed by atoms with E-state index in [1.165, 1.54) is 6.92 Å². The van der Waals surface area contributed by atoms with Gasteiger partial charge in [0.05, 0.1) is 0 Å². The van der Waals surface area contributed by atoms with Crippen LogP contribution in [-0.2, 0) is 4.79 Å². The quantitative estimate of drug-likeness (QED) is 0.626. The highest BCUT2D eigenvalue weighted by atomic mass is 32.1. The number of amides is 1. The smallest absolute Gasteiger partial charge is 0.216 e. The highest BCUT2D eigenvalue weighted by Gasteiger charge is 2.13. The van der Waals surface area contributed by atoms with Crippen LogP contribution in [0.1, 0.15) is 20.8 Å². The molecule has 0 spiro atoms. The normalized spacial score (nSPS) is 10.7. The zero-order chi connectivity index (χ0) is 8.20. The summed E-state index contributed by atoms with van der Waals surface area (Å²) in [5, 5.41) is 4.37. The number of hydrogen-bond acceptors (Lipinski definition) is 2. The molecule has 0 radical (unpaired) electrons. The summed E-state index contributed by atoms with van der Waals surface area (Å²) >= 11 is 4.76. The van der Waals surface area contributed by atoms with Crippen molar-refractivity contribution < 1.29 is 4.79 Å². The summed E-state index contributed by atoms with van der Waals surface area (Å²) < 4.78 is 0. The van der Waals surface area contributed by atoms with Gasteiger partial charge >= 0.3 is 0 Å². The van der Waals surface area contributed by atoms with Crippen molar-refractivity contribution in [1.82, 2.24) is 5.32 Å². The van der Waals surface area contributed by atoms with E-state index in [2.05, 4.69) is 5.32 Å². The summed E-state index contributed by atoms with van der Waals surface area (Å²) in [7, 11) is 0. The maximum Gasteiger partial charge on any atom is 0.216 e. The molecule has 0 atom stereocenters. The Morgan fingerprint density at radius 3 is 2.50 bits per heavy atom. The van der Waals surface area contributed by atoms with E-state index in [0.717, 1.165) is 0 Å². The molecule has 0 aromatic carbocycles. The Morgan fingerprint density at radius 1 is 1.70 bits per heavy atom. The Bertz CT molecular complexity index is 143. The van der Waals surface area contributed by atoms with Gasteiger partial charge in [-0.15, -0.1) is 0 Å². The van der Waals surface area contributed by atoms with Crippen molar-refractivity contribution in [3.05, 3.63) is 0 Å². The van der Waals surface area contributed by atoms with Crippen LogP contribution in [0.2, 0.25) is 0 Å². The number of carbonyl (C=O) groups is 1. The minimum Gasteiger partial charge on any atom is -0.355 e. The molecule has 1 N–H and O–H groups in total. The Morgan fingerprint density at radius 2 is 2.20 bits per heavy atom. The lowest BCUT2D eigenvalue weighted by Gasteiger charge is -2.17. The SMILES string of the molecule is CC(=O)NCC(C)(C)C=S. The molecular weight excluding hydrogens is 146 g/mol. The minimum atomic E-state index is -0.0684. The molecule has 0 unspecified atom stereocenters. The summed E-state index contributed by atoms with van der Waals surface area (Å²) in [5.74, 6) is -0.00933. The second-order valence-electron chi connectivity index (χ2n) is 3.02. The van der Waals surface area contributed by atoms with Gasteiger partial charge in [0.1, 0.15) is 0 Å². The van der Waals surface area contributed by atoms with Crippen LogP contribution in [0.25, 0.3) is 0 Å². The second-order valence-corrected chi connectivity index (χ2v) is 3.25. The van der Waals surface area contributed by atoms with Crippen molar-refractivity contribution in [2.24, 2.45) is 5.41 Å². The maximum absolute atomic E-state index is 10.4. The first-order valence-corrected chi connectivity index (χ1v) is 3.66. The third-order valence-corrected chi connectivity index (χ3v) is 1.75. The number of hydrogen-bond donors (Lipinski definition) is 1. The van der Waals surface area contributed by atoms with E-state index in [1.807, 2.05) is 13.8 Å². The number of nitrogens with one attached hydrogen (secondary N) is 1. The molecule has 3 heteroatoms. The lowest BCUT2D eigenvalue weighted by molar-refractivity contribution is -0.119. The second kappa shape index (κ2) is 3.66. The molecule has 0 aromatic heterocycles. The number of rotatable bonds is 3. The van der Waals surface area contributed by atoms with Gasteiger partial charge in [0, 0.05) is 18.9 Å². The highest BCUT2D eigenvalue weighted by Crippen LogP contribution is 2.08. The monoisotopic (exact) mass is 159 g/mol. The van der Waals surface area contributed by atoms with Crippen molar-refractivity contribution in [1.29, 1.82) is 0 Å². The van der Waals surface area contributed by atoms with Gasteiger partial charge in [0.2, 0.25) is 5.91 Å². The van der Waals surface area contributed by atoms with E-state index in [0.29, 0.717) is 6.54 Å². The summed E-state index contributed by atoms with van der Waals surface area (Å²) in [6.07, 6.45) is 0. The van der Waals surface area contributed by atoms with Crippen molar-refractivity contribution in [3.63, 3.8) is 0 Å². The van der Waals surface area contributed by atoms with Gasteiger partial charge in [-0.2, -0.15) is 0 Å². The predicted octanol–water partition coefficient (Wildman–Crippen LogP) is 1.15. The minimum absolute atomic E-state index is 0.00933. The summed E-state index contributed by atoms with van der Waals surface area (Å²) in [4.78, 5) is 10.4. The van der Waals surface area contributed by atoms with E-state index in [-0.39, 0.29) is 11.3 Å². The average Bonchev–Trinajstić information content (AvgIpc) is 1.85. The van der Waals surface area contributed by atoms with E-state index in [1.54, 1.807) is 5.37 Å². The summed E-state index contributed by atoms with van der Waals surface area (Å²) in [6, 6.07) is 0. The van der Waals surface area contributed by atoms with Crippen LogP contribution in [0.5, 0.6) is 0 Å². The average molecular weight is 159 g/mol. The van der Waals surface area contributed by atoms with Crippen LogP contribution in [0.3, 0.4) is 0 Å². The fourth-order valence-electron chi connectivity index (χ4n) is 0.394. The zero-order valence-corrected chi connectivity index (χ0v) is 7.42. The number of carbonyl (C=O) groups excluding carboxylic acids is 1. The molecule has 0 bridgehead atoms. The van der Waals surface area contributed by atoms with Crippen LogP contribution < -0.4 is 5.32 Å².